The van der Waals surface area contributed by atoms with E-state index in [1.165, 1.54) is 5.56 Å². The van der Waals surface area contributed by atoms with Crippen molar-refractivity contribution in [3.8, 4) is 5.75 Å². The predicted molar refractivity (Wildman–Crippen MR) is 109 cm³/mol. The lowest BCUT2D eigenvalue weighted by molar-refractivity contribution is -0.134. The lowest BCUT2D eigenvalue weighted by Gasteiger charge is -2.32. The number of piperidine rings is 1. The smallest absolute Gasteiger partial charge is 0.326 e. The number of ether oxygens (including phenoxy) is 1. The van der Waals surface area contributed by atoms with Crippen molar-refractivity contribution in [2.45, 2.75) is 32.7 Å². The molecule has 6 heteroatoms. The number of rotatable bonds is 4. The first-order chi connectivity index (χ1) is 13.5. The minimum Gasteiger partial charge on any atom is -0.484 e. The SMILES string of the molecule is Cc1ccc(OCC(=O)N2CCC(n3c(=O)[nH]c4ccccc43)CC2)c(C)c1. The van der Waals surface area contributed by atoms with E-state index in [1.54, 1.807) is 0 Å². The number of nitrogens with zero attached hydrogens (tertiary/aromatic N) is 2. The number of aromatic nitrogens is 2. The van der Waals surface area contributed by atoms with Gasteiger partial charge in [0.15, 0.2) is 6.61 Å². The summed E-state index contributed by atoms with van der Waals surface area (Å²) in [4.78, 5) is 29.7. The van der Waals surface area contributed by atoms with Crippen molar-refractivity contribution in [2.24, 2.45) is 0 Å². The van der Waals surface area contributed by atoms with Gasteiger partial charge in [-0.2, -0.15) is 0 Å². The van der Waals surface area contributed by atoms with Gasteiger partial charge in [0.25, 0.3) is 5.91 Å². The number of aryl methyl sites for hydroxylation is 2. The zero-order valence-electron chi connectivity index (χ0n) is 16.3. The number of hydrogen-bond donors (Lipinski definition) is 1. The van der Waals surface area contributed by atoms with E-state index in [0.29, 0.717) is 13.1 Å². The van der Waals surface area contributed by atoms with Gasteiger partial charge in [-0.3, -0.25) is 9.36 Å². The van der Waals surface area contributed by atoms with E-state index in [4.69, 9.17) is 4.74 Å². The molecule has 0 atom stereocenters. The Morgan fingerprint density at radius 1 is 1.14 bits per heavy atom. The molecule has 2 heterocycles. The van der Waals surface area contributed by atoms with Gasteiger partial charge in [0, 0.05) is 19.1 Å². The highest BCUT2D eigenvalue weighted by atomic mass is 16.5. The van der Waals surface area contributed by atoms with Crippen molar-refractivity contribution < 1.29 is 9.53 Å². The Labute approximate surface area is 163 Å². The Morgan fingerprint density at radius 2 is 1.89 bits per heavy atom. The van der Waals surface area contributed by atoms with Gasteiger partial charge in [-0.25, -0.2) is 4.79 Å². The third kappa shape index (κ3) is 3.54. The largest absolute Gasteiger partial charge is 0.484 e. The van der Waals surface area contributed by atoms with E-state index < -0.39 is 0 Å². The molecule has 1 aliphatic rings. The number of nitrogens with one attached hydrogen (secondary N) is 1. The molecule has 6 nitrogen and oxygen atoms in total. The number of carbonyl (C=O) groups is 1. The van der Waals surface area contributed by atoms with Gasteiger partial charge in [0.05, 0.1) is 11.0 Å². The number of amides is 1. The molecule has 1 saturated heterocycles. The molecule has 146 valence electrons. The van der Waals surface area contributed by atoms with E-state index in [0.717, 1.165) is 35.2 Å². The fourth-order valence-electron chi connectivity index (χ4n) is 4.00. The molecule has 2 aromatic carbocycles. The molecule has 28 heavy (non-hydrogen) atoms. The summed E-state index contributed by atoms with van der Waals surface area (Å²) in [7, 11) is 0. The first kappa shape index (κ1) is 18.3. The minimum absolute atomic E-state index is 0.00954. The zero-order valence-corrected chi connectivity index (χ0v) is 16.3. The maximum Gasteiger partial charge on any atom is 0.326 e. The van der Waals surface area contributed by atoms with Gasteiger partial charge in [-0.05, 0) is 50.5 Å². The lowest BCUT2D eigenvalue weighted by atomic mass is 10.0. The highest BCUT2D eigenvalue weighted by Crippen LogP contribution is 2.25. The number of para-hydroxylation sites is 2. The van der Waals surface area contributed by atoms with Crippen LogP contribution < -0.4 is 10.4 Å². The van der Waals surface area contributed by atoms with Crippen LogP contribution in [-0.2, 0) is 4.79 Å². The average Bonchev–Trinajstić information content (AvgIpc) is 3.03. The molecule has 1 aromatic heterocycles. The number of fused-ring (bicyclic) bond motifs is 1. The van der Waals surface area contributed by atoms with Gasteiger partial charge in [-0.15, -0.1) is 0 Å². The summed E-state index contributed by atoms with van der Waals surface area (Å²) >= 11 is 0. The molecule has 4 rings (SSSR count). The molecule has 0 spiro atoms. The van der Waals surface area contributed by atoms with Crippen LogP contribution in [0.3, 0.4) is 0 Å². The van der Waals surface area contributed by atoms with E-state index in [1.807, 2.05) is 65.8 Å². The number of imidazole rings is 1. The van der Waals surface area contributed by atoms with E-state index in [9.17, 15) is 9.59 Å². The van der Waals surface area contributed by atoms with Crippen LogP contribution in [0.15, 0.2) is 47.3 Å². The lowest BCUT2D eigenvalue weighted by Crippen LogP contribution is -2.42. The maximum atomic E-state index is 12.5. The van der Waals surface area contributed by atoms with Crippen molar-refractivity contribution in [2.75, 3.05) is 19.7 Å². The van der Waals surface area contributed by atoms with Gasteiger partial charge >= 0.3 is 5.69 Å². The molecule has 1 N–H and O–H groups in total. The summed E-state index contributed by atoms with van der Waals surface area (Å²) in [5, 5.41) is 0. The second kappa shape index (κ2) is 7.54. The number of benzene rings is 2. The van der Waals surface area contributed by atoms with Gasteiger partial charge in [0.2, 0.25) is 0 Å². The molecular weight excluding hydrogens is 354 g/mol. The maximum absolute atomic E-state index is 12.5. The highest BCUT2D eigenvalue weighted by molar-refractivity contribution is 5.78. The molecule has 0 saturated carbocycles. The number of hydrogen-bond acceptors (Lipinski definition) is 3. The molecule has 0 aliphatic carbocycles. The van der Waals surface area contributed by atoms with E-state index in [2.05, 4.69) is 4.98 Å². The normalized spacial score (nSPS) is 15.1. The second-order valence-electron chi connectivity index (χ2n) is 7.49. The molecule has 3 aromatic rings. The fourth-order valence-corrected chi connectivity index (χ4v) is 4.00. The van der Waals surface area contributed by atoms with Crippen molar-refractivity contribution in [1.82, 2.24) is 14.5 Å². The number of H-pyrrole nitrogens is 1. The molecule has 1 amide bonds. The van der Waals surface area contributed by atoms with E-state index in [-0.39, 0.29) is 24.2 Å². The fraction of sp³-hybridized carbons (Fsp3) is 0.364. The van der Waals surface area contributed by atoms with Crippen LogP contribution in [0.25, 0.3) is 11.0 Å². The molecular formula is C22H25N3O3. The summed E-state index contributed by atoms with van der Waals surface area (Å²) in [6, 6.07) is 13.8. The topological polar surface area (TPSA) is 67.3 Å². The summed E-state index contributed by atoms with van der Waals surface area (Å²) in [6.45, 7) is 5.32. The first-order valence-corrected chi connectivity index (χ1v) is 9.70. The monoisotopic (exact) mass is 379 g/mol. The Bertz CT molecular complexity index is 1060. The van der Waals surface area contributed by atoms with Gasteiger partial charge < -0.3 is 14.6 Å². The Kier molecular flexibility index (Phi) is 4.94. The Hall–Kier alpha value is -3.02. The summed E-state index contributed by atoms with van der Waals surface area (Å²) < 4.78 is 7.57. The van der Waals surface area contributed by atoms with Crippen molar-refractivity contribution in [3.63, 3.8) is 0 Å². The van der Waals surface area contributed by atoms with Crippen LogP contribution in [0.1, 0.15) is 30.0 Å². The van der Waals surface area contributed by atoms with E-state index >= 15 is 0 Å². The molecule has 0 radical (unpaired) electrons. The third-order valence-electron chi connectivity index (χ3n) is 5.49. The van der Waals surface area contributed by atoms with Crippen molar-refractivity contribution >= 4 is 16.9 Å². The quantitative estimate of drug-likeness (QED) is 0.757. The summed E-state index contributed by atoms with van der Waals surface area (Å²) in [5.74, 6) is 0.740. The highest BCUT2D eigenvalue weighted by Gasteiger charge is 2.26. The van der Waals surface area contributed by atoms with Crippen LogP contribution in [0.4, 0.5) is 0 Å². The number of carbonyl (C=O) groups excluding carboxylic acids is 1. The second-order valence-corrected chi connectivity index (χ2v) is 7.49. The van der Waals surface area contributed by atoms with Crippen LogP contribution >= 0.6 is 0 Å². The Morgan fingerprint density at radius 3 is 2.64 bits per heavy atom. The summed E-state index contributed by atoms with van der Waals surface area (Å²) in [6.07, 6.45) is 1.52. The predicted octanol–water partition coefficient (Wildman–Crippen LogP) is 3.19. The standard InChI is InChI=1S/C22H25N3O3/c1-15-7-8-20(16(2)13-15)28-14-21(26)24-11-9-17(10-12-24)25-19-6-4-3-5-18(19)23-22(25)27/h3-8,13,17H,9-12,14H2,1-2H3,(H,23,27). The van der Waals surface area contributed by atoms with Crippen LogP contribution in [0, 0.1) is 13.8 Å². The molecule has 0 unspecified atom stereocenters. The third-order valence-corrected chi connectivity index (χ3v) is 5.49. The number of likely N-dealkylation sites (tertiary alicyclic amines) is 1. The van der Waals surface area contributed by atoms with Crippen LogP contribution in [0.5, 0.6) is 5.75 Å². The minimum atomic E-state index is -0.0795. The van der Waals surface area contributed by atoms with Crippen LogP contribution in [0.2, 0.25) is 0 Å². The summed E-state index contributed by atoms with van der Waals surface area (Å²) in [5.41, 5.74) is 3.91. The van der Waals surface area contributed by atoms with Crippen LogP contribution in [-0.4, -0.2) is 40.1 Å². The van der Waals surface area contributed by atoms with Crippen molar-refractivity contribution in [3.05, 3.63) is 64.1 Å². The zero-order chi connectivity index (χ0) is 19.7. The Balaban J connectivity index is 1.37. The average molecular weight is 379 g/mol. The molecule has 0 bridgehead atoms. The number of aromatic amines is 1. The molecule has 1 aliphatic heterocycles. The first-order valence-electron chi connectivity index (χ1n) is 9.70. The van der Waals surface area contributed by atoms with Gasteiger partial charge in [-0.1, -0.05) is 29.8 Å². The molecule has 1 fully saturated rings. The van der Waals surface area contributed by atoms with Gasteiger partial charge in [0.1, 0.15) is 5.75 Å². The van der Waals surface area contributed by atoms with Crippen molar-refractivity contribution in [1.29, 1.82) is 0 Å².